The lowest BCUT2D eigenvalue weighted by Gasteiger charge is -2.27. The van der Waals surface area contributed by atoms with Gasteiger partial charge in [-0.1, -0.05) is 34.1 Å². The van der Waals surface area contributed by atoms with Crippen LogP contribution in [0.1, 0.15) is 24.4 Å². The van der Waals surface area contributed by atoms with E-state index in [0.29, 0.717) is 6.04 Å². The van der Waals surface area contributed by atoms with E-state index in [9.17, 15) is 4.39 Å². The Labute approximate surface area is 121 Å². The van der Waals surface area contributed by atoms with E-state index in [0.717, 1.165) is 29.5 Å². The molecule has 2 aromatic carbocycles. The lowest BCUT2D eigenvalue weighted by atomic mass is 10.0. The van der Waals surface area contributed by atoms with Crippen molar-refractivity contribution in [2.45, 2.75) is 18.9 Å². The molecule has 0 spiro atoms. The predicted octanol–water partition coefficient (Wildman–Crippen LogP) is 4.93. The average molecular weight is 320 g/mol. The van der Waals surface area contributed by atoms with Crippen LogP contribution in [0.3, 0.4) is 0 Å². The number of benzene rings is 2. The maximum Gasteiger partial charge on any atom is 0.125 e. The van der Waals surface area contributed by atoms with Crippen molar-refractivity contribution in [2.75, 3.05) is 11.4 Å². The molecular weight excluding hydrogens is 305 g/mol. The fourth-order valence-electron chi connectivity index (χ4n) is 2.76. The maximum atomic E-state index is 13.4. The third-order valence-corrected chi connectivity index (χ3v) is 4.18. The SMILES string of the molecule is Fc1cccc(N2CCCC2c2ccc(Br)cc2)c1. The molecule has 0 radical (unpaired) electrons. The quantitative estimate of drug-likeness (QED) is 0.758. The Morgan fingerprint density at radius 3 is 2.63 bits per heavy atom. The molecule has 1 aliphatic rings. The van der Waals surface area contributed by atoms with Crippen LogP contribution in [0.2, 0.25) is 0 Å². The van der Waals surface area contributed by atoms with Gasteiger partial charge in [0, 0.05) is 16.7 Å². The molecular formula is C16H15BrFN. The number of hydrogen-bond donors (Lipinski definition) is 0. The van der Waals surface area contributed by atoms with Crippen molar-refractivity contribution >= 4 is 21.6 Å². The lowest BCUT2D eigenvalue weighted by molar-refractivity contribution is 0.625. The monoisotopic (exact) mass is 319 g/mol. The summed E-state index contributed by atoms with van der Waals surface area (Å²) in [5.41, 5.74) is 2.27. The Kier molecular flexibility index (Phi) is 3.56. The molecule has 0 saturated carbocycles. The highest BCUT2D eigenvalue weighted by Gasteiger charge is 2.26. The van der Waals surface area contributed by atoms with Gasteiger partial charge in [0.05, 0.1) is 6.04 Å². The van der Waals surface area contributed by atoms with Gasteiger partial charge in [-0.25, -0.2) is 4.39 Å². The standard InChI is InChI=1S/C16H15BrFN/c17-13-8-6-12(7-9-13)16-5-2-10-19(16)15-4-1-3-14(18)11-15/h1,3-4,6-9,11,16H,2,5,10H2. The lowest BCUT2D eigenvalue weighted by Crippen LogP contribution is -2.22. The predicted molar refractivity (Wildman–Crippen MR) is 79.9 cm³/mol. The second-order valence-corrected chi connectivity index (χ2v) is 5.80. The van der Waals surface area contributed by atoms with Crippen LogP contribution in [0.4, 0.5) is 10.1 Å². The Hall–Kier alpha value is -1.35. The second kappa shape index (κ2) is 5.33. The molecule has 3 rings (SSSR count). The van der Waals surface area contributed by atoms with Crippen LogP contribution < -0.4 is 4.90 Å². The molecule has 19 heavy (non-hydrogen) atoms. The van der Waals surface area contributed by atoms with Gasteiger partial charge in [-0.2, -0.15) is 0 Å². The van der Waals surface area contributed by atoms with Crippen molar-refractivity contribution in [3.63, 3.8) is 0 Å². The molecule has 0 aliphatic carbocycles. The van der Waals surface area contributed by atoms with Crippen molar-refractivity contribution < 1.29 is 4.39 Å². The normalized spacial score (nSPS) is 18.8. The zero-order chi connectivity index (χ0) is 13.2. The molecule has 1 heterocycles. The van der Waals surface area contributed by atoms with E-state index in [4.69, 9.17) is 0 Å². The van der Waals surface area contributed by atoms with E-state index in [2.05, 4.69) is 45.1 Å². The van der Waals surface area contributed by atoms with Crippen molar-refractivity contribution in [3.8, 4) is 0 Å². The first-order chi connectivity index (χ1) is 9.24. The van der Waals surface area contributed by atoms with Gasteiger partial charge in [0.1, 0.15) is 5.82 Å². The highest BCUT2D eigenvalue weighted by atomic mass is 79.9. The number of hydrogen-bond acceptors (Lipinski definition) is 1. The van der Waals surface area contributed by atoms with Crippen molar-refractivity contribution in [2.24, 2.45) is 0 Å². The largest absolute Gasteiger partial charge is 0.364 e. The Bertz CT molecular complexity index is 567. The summed E-state index contributed by atoms with van der Waals surface area (Å²) in [5.74, 6) is -0.168. The first-order valence-electron chi connectivity index (χ1n) is 6.52. The van der Waals surface area contributed by atoms with Gasteiger partial charge in [-0.15, -0.1) is 0 Å². The van der Waals surface area contributed by atoms with E-state index < -0.39 is 0 Å². The second-order valence-electron chi connectivity index (χ2n) is 4.88. The minimum atomic E-state index is -0.168. The summed E-state index contributed by atoms with van der Waals surface area (Å²) in [6.07, 6.45) is 2.27. The molecule has 2 aromatic rings. The van der Waals surface area contributed by atoms with Gasteiger partial charge in [0.25, 0.3) is 0 Å². The molecule has 1 unspecified atom stereocenters. The van der Waals surface area contributed by atoms with Crippen LogP contribution in [-0.2, 0) is 0 Å². The third-order valence-electron chi connectivity index (χ3n) is 3.65. The molecule has 1 aliphatic heterocycles. The van der Waals surface area contributed by atoms with E-state index in [-0.39, 0.29) is 5.82 Å². The summed E-state index contributed by atoms with van der Waals surface area (Å²) in [6, 6.07) is 15.7. The van der Waals surface area contributed by atoms with Crippen LogP contribution in [0.5, 0.6) is 0 Å². The first-order valence-corrected chi connectivity index (χ1v) is 7.31. The van der Waals surface area contributed by atoms with Crippen LogP contribution >= 0.6 is 15.9 Å². The molecule has 0 amide bonds. The minimum Gasteiger partial charge on any atom is -0.364 e. The van der Waals surface area contributed by atoms with Gasteiger partial charge < -0.3 is 4.90 Å². The molecule has 3 heteroatoms. The smallest absolute Gasteiger partial charge is 0.125 e. The molecule has 0 aromatic heterocycles. The summed E-state index contributed by atoms with van der Waals surface area (Å²) >= 11 is 3.46. The van der Waals surface area contributed by atoms with E-state index in [1.165, 1.54) is 11.6 Å². The molecule has 1 nitrogen and oxygen atoms in total. The van der Waals surface area contributed by atoms with E-state index >= 15 is 0 Å². The number of nitrogens with zero attached hydrogens (tertiary/aromatic N) is 1. The molecule has 1 fully saturated rings. The van der Waals surface area contributed by atoms with Gasteiger partial charge in [0.15, 0.2) is 0 Å². The highest BCUT2D eigenvalue weighted by molar-refractivity contribution is 9.10. The Balaban J connectivity index is 1.91. The summed E-state index contributed by atoms with van der Waals surface area (Å²) in [5, 5.41) is 0. The fourth-order valence-corrected chi connectivity index (χ4v) is 3.03. The molecule has 1 atom stereocenters. The summed E-state index contributed by atoms with van der Waals surface area (Å²) in [4.78, 5) is 2.30. The summed E-state index contributed by atoms with van der Waals surface area (Å²) < 4.78 is 14.5. The molecule has 0 bridgehead atoms. The van der Waals surface area contributed by atoms with Gasteiger partial charge in [-0.05, 0) is 48.7 Å². The Morgan fingerprint density at radius 1 is 1.11 bits per heavy atom. The first kappa shape index (κ1) is 12.7. The summed E-state index contributed by atoms with van der Waals surface area (Å²) in [7, 11) is 0. The van der Waals surface area contributed by atoms with Gasteiger partial charge in [0.2, 0.25) is 0 Å². The minimum absolute atomic E-state index is 0.168. The van der Waals surface area contributed by atoms with Crippen molar-refractivity contribution in [1.29, 1.82) is 0 Å². The number of halogens is 2. The summed E-state index contributed by atoms with van der Waals surface area (Å²) in [6.45, 7) is 0.990. The Morgan fingerprint density at radius 2 is 1.89 bits per heavy atom. The van der Waals surface area contributed by atoms with Gasteiger partial charge >= 0.3 is 0 Å². The molecule has 1 saturated heterocycles. The van der Waals surface area contributed by atoms with Crippen LogP contribution in [0, 0.1) is 5.82 Å². The van der Waals surface area contributed by atoms with Crippen LogP contribution in [0.15, 0.2) is 53.0 Å². The zero-order valence-electron chi connectivity index (χ0n) is 10.5. The molecule has 0 N–H and O–H groups in total. The third kappa shape index (κ3) is 2.66. The maximum absolute atomic E-state index is 13.4. The molecule has 98 valence electrons. The van der Waals surface area contributed by atoms with E-state index in [1.54, 1.807) is 12.1 Å². The fraction of sp³-hybridized carbons (Fsp3) is 0.250. The van der Waals surface area contributed by atoms with Crippen molar-refractivity contribution in [1.82, 2.24) is 0 Å². The topological polar surface area (TPSA) is 3.24 Å². The van der Waals surface area contributed by atoms with Crippen molar-refractivity contribution in [3.05, 3.63) is 64.4 Å². The van der Waals surface area contributed by atoms with Crippen LogP contribution in [0.25, 0.3) is 0 Å². The number of anilines is 1. The zero-order valence-corrected chi connectivity index (χ0v) is 12.1. The van der Waals surface area contributed by atoms with Crippen LogP contribution in [-0.4, -0.2) is 6.54 Å². The van der Waals surface area contributed by atoms with E-state index in [1.807, 2.05) is 6.07 Å². The number of rotatable bonds is 2. The highest BCUT2D eigenvalue weighted by Crippen LogP contribution is 2.36. The van der Waals surface area contributed by atoms with Gasteiger partial charge in [-0.3, -0.25) is 0 Å². The average Bonchev–Trinajstić information content (AvgIpc) is 2.89.